The lowest BCUT2D eigenvalue weighted by Gasteiger charge is -2.32. The molecule has 0 spiro atoms. The summed E-state index contributed by atoms with van der Waals surface area (Å²) in [5, 5.41) is 7.74. The Morgan fingerprint density at radius 1 is 1.00 bits per heavy atom. The first-order valence-corrected chi connectivity index (χ1v) is 13.4. The lowest BCUT2D eigenvalue weighted by atomic mass is 9.89. The van der Waals surface area contributed by atoms with E-state index in [1.54, 1.807) is 0 Å². The van der Waals surface area contributed by atoms with Crippen molar-refractivity contribution in [3.63, 3.8) is 0 Å². The van der Waals surface area contributed by atoms with Crippen molar-refractivity contribution in [3.8, 4) is 0 Å². The number of aryl methyl sites for hydroxylation is 1. The number of aromatic nitrogens is 2. The normalized spacial score (nSPS) is 19.7. The first kappa shape index (κ1) is 24.7. The summed E-state index contributed by atoms with van der Waals surface area (Å²) < 4.78 is 1.81. The Morgan fingerprint density at radius 2 is 1.74 bits per heavy atom. The average molecular weight is 472 g/mol. The predicted octanol–water partition coefficient (Wildman–Crippen LogP) is 3.04. The molecule has 8 nitrogen and oxygen atoms in total. The lowest BCUT2D eigenvalue weighted by Crippen LogP contribution is -2.44. The molecule has 2 aliphatic heterocycles. The quantitative estimate of drug-likeness (QED) is 0.662. The topological polar surface area (TPSA) is 87.5 Å². The van der Waals surface area contributed by atoms with Crippen LogP contribution in [0.3, 0.4) is 0 Å². The van der Waals surface area contributed by atoms with Gasteiger partial charge in [0.25, 0.3) is 5.91 Å². The van der Waals surface area contributed by atoms with Gasteiger partial charge in [0.1, 0.15) is 0 Å². The molecule has 0 radical (unpaired) electrons. The van der Waals surface area contributed by atoms with Gasteiger partial charge in [-0.15, -0.1) is 0 Å². The second-order valence-corrected chi connectivity index (χ2v) is 10.4. The number of unbranched alkanes of at least 4 members (excludes halogenated alkanes) is 1. The fourth-order valence-electron chi connectivity index (χ4n) is 5.74. The van der Waals surface area contributed by atoms with Gasteiger partial charge < -0.3 is 15.1 Å². The molecule has 1 aromatic rings. The molecule has 2 fully saturated rings. The molecule has 3 aliphatic rings. The van der Waals surface area contributed by atoms with E-state index in [1.165, 1.54) is 32.1 Å². The Bertz CT molecular complexity index is 881. The van der Waals surface area contributed by atoms with E-state index in [4.69, 9.17) is 0 Å². The van der Waals surface area contributed by atoms with E-state index in [0.717, 1.165) is 37.1 Å². The molecule has 3 heterocycles. The van der Waals surface area contributed by atoms with Gasteiger partial charge in [-0.05, 0) is 38.0 Å². The van der Waals surface area contributed by atoms with E-state index in [2.05, 4.69) is 17.3 Å². The number of nitrogens with one attached hydrogen (secondary N) is 1. The zero-order valence-corrected chi connectivity index (χ0v) is 21.0. The Morgan fingerprint density at radius 3 is 2.44 bits per heavy atom. The summed E-state index contributed by atoms with van der Waals surface area (Å²) >= 11 is 0. The number of piperidine rings is 1. The van der Waals surface area contributed by atoms with Crippen molar-refractivity contribution in [1.29, 1.82) is 0 Å². The van der Waals surface area contributed by atoms with Crippen LogP contribution in [-0.2, 0) is 29.6 Å². The zero-order chi connectivity index (χ0) is 24.1. The van der Waals surface area contributed by atoms with Crippen LogP contribution in [0.15, 0.2) is 0 Å². The molecular formula is C26H41N5O3. The molecule has 8 heteroatoms. The van der Waals surface area contributed by atoms with Crippen LogP contribution in [0.5, 0.6) is 0 Å². The largest absolute Gasteiger partial charge is 0.356 e. The summed E-state index contributed by atoms with van der Waals surface area (Å²) in [5.74, 6) is 0.852. The van der Waals surface area contributed by atoms with Crippen molar-refractivity contribution in [2.24, 2.45) is 18.9 Å². The van der Waals surface area contributed by atoms with Crippen LogP contribution in [0.25, 0.3) is 0 Å². The first-order valence-electron chi connectivity index (χ1n) is 13.4. The molecule has 0 atom stereocenters. The van der Waals surface area contributed by atoms with Gasteiger partial charge in [0.2, 0.25) is 11.8 Å². The van der Waals surface area contributed by atoms with Gasteiger partial charge in [-0.1, -0.05) is 32.6 Å². The summed E-state index contributed by atoms with van der Waals surface area (Å²) in [6, 6.07) is 0. The second-order valence-electron chi connectivity index (χ2n) is 10.4. The molecule has 1 saturated heterocycles. The molecule has 4 rings (SSSR count). The number of likely N-dealkylation sites (tertiary alicyclic amines) is 1. The van der Waals surface area contributed by atoms with Crippen LogP contribution in [-0.4, -0.2) is 63.5 Å². The van der Waals surface area contributed by atoms with E-state index in [-0.39, 0.29) is 23.6 Å². The maximum atomic E-state index is 13.4. The van der Waals surface area contributed by atoms with E-state index in [1.807, 2.05) is 21.5 Å². The summed E-state index contributed by atoms with van der Waals surface area (Å²) in [4.78, 5) is 42.4. The number of fused-ring (bicyclic) bond motifs is 1. The molecule has 0 bridgehead atoms. The first-order chi connectivity index (χ1) is 16.5. The van der Waals surface area contributed by atoms with Crippen LogP contribution in [0.4, 0.5) is 0 Å². The molecule has 188 valence electrons. The molecular weight excluding hydrogens is 430 g/mol. The maximum Gasteiger partial charge on any atom is 0.274 e. The van der Waals surface area contributed by atoms with Crippen molar-refractivity contribution in [1.82, 2.24) is 24.9 Å². The van der Waals surface area contributed by atoms with Gasteiger partial charge in [0.15, 0.2) is 5.69 Å². The van der Waals surface area contributed by atoms with E-state index >= 15 is 0 Å². The monoisotopic (exact) mass is 471 g/mol. The molecule has 1 saturated carbocycles. The minimum atomic E-state index is -0.0687. The zero-order valence-electron chi connectivity index (χ0n) is 21.0. The fraction of sp³-hybridized carbons (Fsp3) is 0.769. The predicted molar refractivity (Wildman–Crippen MR) is 130 cm³/mol. The fourth-order valence-corrected chi connectivity index (χ4v) is 5.74. The minimum absolute atomic E-state index is 0.0167. The van der Waals surface area contributed by atoms with E-state index in [9.17, 15) is 14.4 Å². The van der Waals surface area contributed by atoms with Gasteiger partial charge in [-0.2, -0.15) is 5.10 Å². The number of carbonyl (C=O) groups is 3. The maximum absolute atomic E-state index is 13.4. The highest BCUT2D eigenvalue weighted by atomic mass is 16.2. The molecule has 1 aliphatic carbocycles. The van der Waals surface area contributed by atoms with Gasteiger partial charge in [0.05, 0.1) is 0 Å². The Kier molecular flexibility index (Phi) is 8.27. The highest BCUT2D eigenvalue weighted by Gasteiger charge is 2.33. The molecule has 3 amide bonds. The van der Waals surface area contributed by atoms with Crippen molar-refractivity contribution in [2.45, 2.75) is 84.1 Å². The van der Waals surface area contributed by atoms with Gasteiger partial charge in [-0.25, -0.2) is 0 Å². The SMILES string of the molecule is CCCCC(=O)N1CCc2c(c(C(=O)N3CCC(C(=O)NCC4CCCCC4)CC3)nn2C)C1. The summed E-state index contributed by atoms with van der Waals surface area (Å²) in [6.07, 6.45) is 10.9. The number of hydrogen-bond acceptors (Lipinski definition) is 4. The van der Waals surface area contributed by atoms with Crippen LogP contribution in [0.2, 0.25) is 0 Å². The number of hydrogen-bond donors (Lipinski definition) is 1. The van der Waals surface area contributed by atoms with Crippen LogP contribution in [0.1, 0.15) is 92.9 Å². The summed E-state index contributed by atoms with van der Waals surface area (Å²) in [6.45, 7) is 5.18. The van der Waals surface area contributed by atoms with E-state index < -0.39 is 0 Å². The smallest absolute Gasteiger partial charge is 0.274 e. The third-order valence-electron chi connectivity index (χ3n) is 7.98. The van der Waals surface area contributed by atoms with Crippen LogP contribution >= 0.6 is 0 Å². The van der Waals surface area contributed by atoms with Crippen molar-refractivity contribution >= 4 is 17.7 Å². The molecule has 1 N–H and O–H groups in total. The van der Waals surface area contributed by atoms with Gasteiger partial charge in [0, 0.05) is 69.8 Å². The minimum Gasteiger partial charge on any atom is -0.356 e. The summed E-state index contributed by atoms with van der Waals surface area (Å²) in [5.41, 5.74) is 2.43. The van der Waals surface area contributed by atoms with Crippen molar-refractivity contribution in [2.75, 3.05) is 26.2 Å². The number of amides is 3. The highest BCUT2D eigenvalue weighted by molar-refractivity contribution is 5.94. The van der Waals surface area contributed by atoms with E-state index in [0.29, 0.717) is 57.1 Å². The second kappa shape index (κ2) is 11.4. The Labute approximate surface area is 203 Å². The molecule has 0 aromatic carbocycles. The average Bonchev–Trinajstić information content (AvgIpc) is 3.21. The van der Waals surface area contributed by atoms with Crippen LogP contribution < -0.4 is 5.32 Å². The third-order valence-corrected chi connectivity index (χ3v) is 7.98. The molecule has 34 heavy (non-hydrogen) atoms. The van der Waals surface area contributed by atoms with Crippen LogP contribution in [0, 0.1) is 11.8 Å². The Balaban J connectivity index is 1.32. The Hall–Kier alpha value is -2.38. The number of carbonyl (C=O) groups excluding carboxylic acids is 3. The van der Waals surface area contributed by atoms with Crippen molar-refractivity contribution < 1.29 is 14.4 Å². The number of rotatable bonds is 7. The number of nitrogens with zero attached hydrogens (tertiary/aromatic N) is 4. The lowest BCUT2D eigenvalue weighted by molar-refractivity contribution is -0.132. The molecule has 1 aromatic heterocycles. The van der Waals surface area contributed by atoms with Crippen molar-refractivity contribution in [3.05, 3.63) is 17.0 Å². The highest BCUT2D eigenvalue weighted by Crippen LogP contribution is 2.27. The van der Waals surface area contributed by atoms with Gasteiger partial charge in [-0.3, -0.25) is 19.1 Å². The standard InChI is InChI=1S/C26H41N5O3/c1-3-4-10-23(32)31-16-13-22-21(18-31)24(28-29(22)2)26(34)30-14-11-20(12-15-30)25(33)27-17-19-8-6-5-7-9-19/h19-20H,3-18H2,1-2H3,(H,27,33). The van der Waals surface area contributed by atoms with Gasteiger partial charge >= 0.3 is 0 Å². The third kappa shape index (κ3) is 5.63. The summed E-state index contributed by atoms with van der Waals surface area (Å²) in [7, 11) is 1.88. The molecule has 0 unspecified atom stereocenters.